The molecule has 0 bridgehead atoms. The lowest BCUT2D eigenvalue weighted by atomic mass is 10.1. The second-order valence-electron chi connectivity index (χ2n) is 2.56. The summed E-state index contributed by atoms with van der Waals surface area (Å²) >= 11 is 5.40. The highest BCUT2D eigenvalue weighted by molar-refractivity contribution is 6.20. The van der Waals surface area contributed by atoms with Gasteiger partial charge in [0, 0.05) is 0 Å². The van der Waals surface area contributed by atoms with Crippen LogP contribution in [0.5, 0.6) is 0 Å². The van der Waals surface area contributed by atoms with Crippen LogP contribution in [0.2, 0.25) is 0 Å². The van der Waals surface area contributed by atoms with Gasteiger partial charge in [0.1, 0.15) is 0 Å². The lowest BCUT2D eigenvalue weighted by Gasteiger charge is -2.07. The predicted molar refractivity (Wildman–Crippen MR) is 45.8 cm³/mol. The van der Waals surface area contributed by atoms with Crippen molar-refractivity contribution < 1.29 is 13.2 Å². The molecule has 0 saturated heterocycles. The number of nitrogens with zero attached hydrogens (tertiary/aromatic N) is 1. The van der Waals surface area contributed by atoms with Gasteiger partial charge >= 0.3 is 6.18 Å². The summed E-state index contributed by atoms with van der Waals surface area (Å²) in [6.45, 7) is 0. The Hall–Kier alpha value is -1.10. The van der Waals surface area contributed by atoms with E-state index in [1.807, 2.05) is 0 Å². The van der Waals surface area contributed by atoms with Crippen LogP contribution in [0.4, 0.5) is 13.2 Å². The topological polar surface area (TPSA) is 29.4 Å². The maximum atomic E-state index is 12.1. The summed E-state index contributed by atoms with van der Waals surface area (Å²) in [4.78, 5) is 9.98. The summed E-state index contributed by atoms with van der Waals surface area (Å²) in [5.41, 5.74) is -1.68. The molecule has 0 heterocycles. The number of rotatable bonds is 2. The van der Waals surface area contributed by atoms with Crippen LogP contribution < -0.4 is 0 Å². The van der Waals surface area contributed by atoms with Gasteiger partial charge in [0.05, 0.1) is 5.56 Å². The van der Waals surface area contributed by atoms with E-state index in [2.05, 4.69) is 5.18 Å². The van der Waals surface area contributed by atoms with Crippen molar-refractivity contribution in [1.29, 1.82) is 0 Å². The van der Waals surface area contributed by atoms with E-state index in [0.29, 0.717) is 0 Å². The van der Waals surface area contributed by atoms with Gasteiger partial charge in [-0.2, -0.15) is 13.2 Å². The quantitative estimate of drug-likeness (QED) is 0.427. The number of hydrogen-bond acceptors (Lipinski definition) is 2. The standard InChI is InChI=1S/C8H5ClF3NO/c9-7(13-14)5-1-3-6(4-2-5)8(10,11)12/h1-4,7H. The first-order valence-corrected chi connectivity index (χ1v) is 4.02. The van der Waals surface area contributed by atoms with E-state index >= 15 is 0 Å². The molecule has 76 valence electrons. The average Bonchev–Trinajstić information content (AvgIpc) is 2.15. The Balaban J connectivity index is 2.95. The third-order valence-corrected chi connectivity index (χ3v) is 1.94. The molecular formula is C8H5ClF3NO. The van der Waals surface area contributed by atoms with Gasteiger partial charge < -0.3 is 0 Å². The average molecular weight is 224 g/mol. The molecule has 0 spiro atoms. The van der Waals surface area contributed by atoms with Gasteiger partial charge in [-0.15, -0.1) is 4.91 Å². The molecule has 0 radical (unpaired) electrons. The SMILES string of the molecule is O=NC(Cl)c1ccc(C(F)(F)F)cc1. The van der Waals surface area contributed by atoms with E-state index in [4.69, 9.17) is 11.6 Å². The Kier molecular flexibility index (Phi) is 3.10. The molecule has 0 saturated carbocycles. The van der Waals surface area contributed by atoms with Crippen molar-refractivity contribution >= 4 is 11.6 Å². The highest BCUT2D eigenvalue weighted by Crippen LogP contribution is 2.30. The zero-order valence-corrected chi connectivity index (χ0v) is 7.51. The van der Waals surface area contributed by atoms with Gasteiger partial charge in [-0.3, -0.25) is 0 Å². The van der Waals surface area contributed by atoms with Crippen LogP contribution in [0.3, 0.4) is 0 Å². The minimum absolute atomic E-state index is 0.245. The van der Waals surface area contributed by atoms with E-state index < -0.39 is 17.2 Å². The van der Waals surface area contributed by atoms with Gasteiger partial charge in [0.2, 0.25) is 0 Å². The van der Waals surface area contributed by atoms with Gasteiger partial charge in [-0.1, -0.05) is 23.7 Å². The van der Waals surface area contributed by atoms with Crippen molar-refractivity contribution in [3.63, 3.8) is 0 Å². The summed E-state index contributed by atoms with van der Waals surface area (Å²) in [6.07, 6.45) is -4.38. The summed E-state index contributed by atoms with van der Waals surface area (Å²) in [5, 5.41) is 2.48. The minimum atomic E-state index is -4.38. The predicted octanol–water partition coefficient (Wildman–Crippen LogP) is 3.71. The van der Waals surface area contributed by atoms with Crippen molar-refractivity contribution in [2.24, 2.45) is 5.18 Å². The van der Waals surface area contributed by atoms with Crippen LogP contribution in [0, 0.1) is 4.91 Å². The van der Waals surface area contributed by atoms with Crippen LogP contribution in [0.15, 0.2) is 29.4 Å². The second kappa shape index (κ2) is 3.96. The van der Waals surface area contributed by atoms with Crippen LogP contribution in [0.25, 0.3) is 0 Å². The number of benzene rings is 1. The van der Waals surface area contributed by atoms with Crippen LogP contribution in [0.1, 0.15) is 16.6 Å². The summed E-state index contributed by atoms with van der Waals surface area (Å²) < 4.78 is 36.3. The van der Waals surface area contributed by atoms with Gasteiger partial charge in [0.25, 0.3) is 0 Å². The first-order valence-electron chi connectivity index (χ1n) is 3.59. The van der Waals surface area contributed by atoms with E-state index in [0.717, 1.165) is 24.3 Å². The molecule has 0 aliphatic carbocycles. The molecule has 1 aromatic carbocycles. The van der Waals surface area contributed by atoms with Crippen molar-refractivity contribution in [3.05, 3.63) is 40.3 Å². The fraction of sp³-hybridized carbons (Fsp3) is 0.250. The molecule has 1 unspecified atom stereocenters. The zero-order valence-electron chi connectivity index (χ0n) is 6.75. The van der Waals surface area contributed by atoms with Crippen LogP contribution in [-0.4, -0.2) is 0 Å². The molecule has 1 aromatic rings. The van der Waals surface area contributed by atoms with E-state index in [9.17, 15) is 18.1 Å². The molecule has 0 aliphatic rings. The molecule has 0 amide bonds. The van der Waals surface area contributed by atoms with E-state index in [1.165, 1.54) is 0 Å². The van der Waals surface area contributed by atoms with Crippen LogP contribution in [-0.2, 0) is 6.18 Å². The Labute approximate surface area is 82.7 Å². The monoisotopic (exact) mass is 223 g/mol. The normalized spacial score (nSPS) is 13.7. The zero-order chi connectivity index (χ0) is 10.8. The van der Waals surface area contributed by atoms with Gasteiger partial charge in [-0.05, 0) is 22.9 Å². The molecule has 2 nitrogen and oxygen atoms in total. The van der Waals surface area contributed by atoms with Gasteiger partial charge in [-0.25, -0.2) is 0 Å². The summed E-state index contributed by atoms with van der Waals surface area (Å²) in [5.74, 6) is 0. The van der Waals surface area contributed by atoms with Crippen molar-refractivity contribution in [2.45, 2.75) is 11.7 Å². The fourth-order valence-corrected chi connectivity index (χ4v) is 1.04. The number of halogens is 4. The first kappa shape index (κ1) is 11.0. The third-order valence-electron chi connectivity index (χ3n) is 1.61. The van der Waals surface area contributed by atoms with E-state index in [1.54, 1.807) is 0 Å². The Bertz CT molecular complexity index is 322. The first-order chi connectivity index (χ1) is 6.45. The molecular weight excluding hydrogens is 219 g/mol. The molecule has 1 rings (SSSR count). The van der Waals surface area contributed by atoms with Gasteiger partial charge in [0.15, 0.2) is 5.50 Å². The largest absolute Gasteiger partial charge is 0.416 e. The Morgan fingerprint density at radius 2 is 1.71 bits per heavy atom. The molecule has 6 heteroatoms. The number of nitroso groups, excluding NO2 is 1. The summed E-state index contributed by atoms with van der Waals surface area (Å²) in [7, 11) is 0. The molecule has 0 aliphatic heterocycles. The number of alkyl halides is 4. The second-order valence-corrected chi connectivity index (χ2v) is 2.97. The molecule has 0 N–H and O–H groups in total. The highest BCUT2D eigenvalue weighted by atomic mass is 35.5. The smallest absolute Gasteiger partial charge is 0.166 e. The highest BCUT2D eigenvalue weighted by Gasteiger charge is 2.30. The fourth-order valence-electron chi connectivity index (χ4n) is 0.892. The third kappa shape index (κ3) is 2.45. The molecule has 14 heavy (non-hydrogen) atoms. The van der Waals surface area contributed by atoms with Crippen molar-refractivity contribution in [3.8, 4) is 0 Å². The Morgan fingerprint density at radius 1 is 1.21 bits per heavy atom. The molecule has 0 aromatic heterocycles. The number of hydrogen-bond donors (Lipinski definition) is 0. The van der Waals surface area contributed by atoms with Crippen LogP contribution >= 0.6 is 11.6 Å². The molecule has 0 fully saturated rings. The lowest BCUT2D eigenvalue weighted by Crippen LogP contribution is -2.04. The lowest BCUT2D eigenvalue weighted by molar-refractivity contribution is -0.137. The van der Waals surface area contributed by atoms with Crippen molar-refractivity contribution in [1.82, 2.24) is 0 Å². The maximum Gasteiger partial charge on any atom is 0.416 e. The van der Waals surface area contributed by atoms with E-state index in [-0.39, 0.29) is 5.56 Å². The molecule has 1 atom stereocenters. The van der Waals surface area contributed by atoms with Crippen molar-refractivity contribution in [2.75, 3.05) is 0 Å². The Morgan fingerprint density at radius 3 is 2.07 bits per heavy atom. The minimum Gasteiger partial charge on any atom is -0.166 e. The maximum absolute atomic E-state index is 12.1. The summed E-state index contributed by atoms with van der Waals surface area (Å²) in [6, 6.07) is 3.97.